The first kappa shape index (κ1) is 13.2. The van der Waals surface area contributed by atoms with Gasteiger partial charge in [0, 0.05) is 0 Å². The van der Waals surface area contributed by atoms with Gasteiger partial charge >= 0.3 is 29.6 Å². The first-order chi connectivity index (χ1) is 3.85. The molecule has 54 valence electrons. The van der Waals surface area contributed by atoms with Crippen molar-refractivity contribution in [3.63, 3.8) is 0 Å². The van der Waals surface area contributed by atoms with Gasteiger partial charge in [-0.25, -0.2) is 8.42 Å². The van der Waals surface area contributed by atoms with Gasteiger partial charge in [0.1, 0.15) is 21.2 Å². The quantitative estimate of drug-likeness (QED) is 0.322. The van der Waals surface area contributed by atoms with E-state index in [2.05, 4.69) is 0 Å². The van der Waals surface area contributed by atoms with E-state index in [1.165, 1.54) is 0 Å². The third kappa shape index (κ3) is 4.40. The molecule has 0 aliphatic carbocycles. The molecule has 0 N–H and O–H groups in total. The maximum atomic E-state index is 10.2. The van der Waals surface area contributed by atoms with Crippen LogP contribution in [0.4, 0.5) is 0 Å². The maximum absolute atomic E-state index is 10.2. The Balaban J connectivity index is 0. The van der Waals surface area contributed by atoms with Gasteiger partial charge in [-0.2, -0.15) is 0 Å². The van der Waals surface area contributed by atoms with Crippen molar-refractivity contribution in [1.29, 1.82) is 0 Å². The van der Waals surface area contributed by atoms with E-state index in [9.17, 15) is 17.8 Å². The molecule has 0 bridgehead atoms. The van der Waals surface area contributed by atoms with Crippen LogP contribution in [-0.2, 0) is 14.9 Å². The van der Waals surface area contributed by atoms with Gasteiger partial charge in [-0.15, -0.1) is 0 Å². The summed E-state index contributed by atoms with van der Waals surface area (Å²) >= 11 is 0. The second-order valence-electron chi connectivity index (χ2n) is 1.75. The van der Waals surface area contributed by atoms with Crippen LogP contribution in [0, 0.1) is 0 Å². The van der Waals surface area contributed by atoms with Gasteiger partial charge < -0.3 is 4.55 Å². The van der Waals surface area contributed by atoms with Gasteiger partial charge in [-0.1, -0.05) is 0 Å². The third-order valence-corrected chi connectivity index (χ3v) is 2.20. The fraction of sp³-hybridized carbons (Fsp3) is 0.750. The standard InChI is InChI=1S/C4H8O4S.Na/c1-3(5)4(2)9(6,7)8;/h4H,1-2H3,(H,6,7,8);/q;+1/p-1. The second-order valence-corrected chi connectivity index (χ2v) is 3.44. The van der Waals surface area contributed by atoms with Crippen molar-refractivity contribution in [1.82, 2.24) is 0 Å². The third-order valence-electron chi connectivity index (χ3n) is 1.01. The molecule has 0 heterocycles. The summed E-state index contributed by atoms with van der Waals surface area (Å²) < 4.78 is 30.0. The molecule has 1 unspecified atom stereocenters. The molecule has 4 nitrogen and oxygen atoms in total. The fourth-order valence-corrected chi connectivity index (χ4v) is 0.610. The van der Waals surface area contributed by atoms with Crippen LogP contribution < -0.4 is 29.6 Å². The zero-order valence-corrected chi connectivity index (χ0v) is 8.94. The van der Waals surface area contributed by atoms with E-state index in [-0.39, 0.29) is 29.6 Å². The minimum atomic E-state index is -4.40. The Labute approximate surface area is 82.0 Å². The van der Waals surface area contributed by atoms with Crippen LogP contribution in [0.3, 0.4) is 0 Å². The van der Waals surface area contributed by atoms with Gasteiger partial charge in [0.05, 0.1) is 0 Å². The number of hydrogen-bond donors (Lipinski definition) is 0. The van der Waals surface area contributed by atoms with Crippen LogP contribution in [0.1, 0.15) is 13.8 Å². The number of ketones is 1. The monoisotopic (exact) mass is 174 g/mol. The molecular formula is C4H7NaO4S. The van der Waals surface area contributed by atoms with E-state index in [1.807, 2.05) is 0 Å². The summed E-state index contributed by atoms with van der Waals surface area (Å²) in [6, 6.07) is 0. The minimum absolute atomic E-state index is 0. The van der Waals surface area contributed by atoms with Crippen molar-refractivity contribution < 1.29 is 47.3 Å². The van der Waals surface area contributed by atoms with E-state index in [0.717, 1.165) is 13.8 Å². The molecule has 0 spiro atoms. The summed E-state index contributed by atoms with van der Waals surface area (Å²) in [6.07, 6.45) is 0. The van der Waals surface area contributed by atoms with Crippen LogP contribution >= 0.6 is 0 Å². The molecule has 0 aromatic carbocycles. The van der Waals surface area contributed by atoms with Crippen molar-refractivity contribution in [3.8, 4) is 0 Å². The molecule has 0 aromatic heterocycles. The van der Waals surface area contributed by atoms with E-state index in [0.29, 0.717) is 0 Å². The number of carbonyl (C=O) groups excluding carboxylic acids is 1. The number of Topliss-reactive ketones (excluding diaryl/α,β-unsaturated/α-hetero) is 1. The van der Waals surface area contributed by atoms with Gasteiger partial charge in [-0.05, 0) is 13.8 Å². The molecule has 10 heavy (non-hydrogen) atoms. The van der Waals surface area contributed by atoms with Crippen molar-refractivity contribution in [2.45, 2.75) is 19.1 Å². The number of carbonyl (C=O) groups is 1. The van der Waals surface area contributed by atoms with Gasteiger partial charge in [0.25, 0.3) is 0 Å². The van der Waals surface area contributed by atoms with E-state index in [4.69, 9.17) is 0 Å². The summed E-state index contributed by atoms with van der Waals surface area (Å²) in [6.45, 7) is 2.14. The molecule has 1 atom stereocenters. The van der Waals surface area contributed by atoms with Crippen molar-refractivity contribution in [2.75, 3.05) is 0 Å². The summed E-state index contributed by atoms with van der Waals surface area (Å²) in [7, 11) is -4.40. The second kappa shape index (κ2) is 4.46. The van der Waals surface area contributed by atoms with Gasteiger partial charge in [0.15, 0.2) is 0 Å². The number of rotatable bonds is 2. The topological polar surface area (TPSA) is 74.3 Å². The predicted octanol–water partition coefficient (Wildman–Crippen LogP) is -3.49. The molecule has 0 saturated heterocycles. The maximum Gasteiger partial charge on any atom is 1.00 e. The van der Waals surface area contributed by atoms with Crippen LogP contribution in [0.2, 0.25) is 0 Å². The molecular weight excluding hydrogens is 167 g/mol. The Hall–Kier alpha value is 0.580. The zero-order valence-electron chi connectivity index (χ0n) is 6.12. The molecule has 0 rings (SSSR count). The molecule has 0 aliphatic heterocycles. The van der Waals surface area contributed by atoms with Crippen LogP contribution in [0.15, 0.2) is 0 Å². The van der Waals surface area contributed by atoms with Crippen molar-refractivity contribution >= 4 is 15.9 Å². The molecule has 0 fully saturated rings. The van der Waals surface area contributed by atoms with E-state index in [1.54, 1.807) is 0 Å². The largest absolute Gasteiger partial charge is 1.00 e. The van der Waals surface area contributed by atoms with E-state index < -0.39 is 21.2 Å². The average molecular weight is 174 g/mol. The van der Waals surface area contributed by atoms with Crippen molar-refractivity contribution in [2.24, 2.45) is 0 Å². The minimum Gasteiger partial charge on any atom is -0.747 e. The predicted molar refractivity (Wildman–Crippen MR) is 29.8 cm³/mol. The van der Waals surface area contributed by atoms with Crippen LogP contribution in [0.25, 0.3) is 0 Å². The summed E-state index contributed by atoms with van der Waals surface area (Å²) in [5.74, 6) is -0.620. The molecule has 0 aromatic rings. The van der Waals surface area contributed by atoms with Gasteiger partial charge in [-0.3, -0.25) is 4.79 Å². The molecule has 0 amide bonds. The van der Waals surface area contributed by atoms with Crippen LogP contribution in [-0.4, -0.2) is 24.0 Å². The molecule has 6 heteroatoms. The first-order valence-electron chi connectivity index (χ1n) is 2.31. The van der Waals surface area contributed by atoms with Gasteiger partial charge in [0.2, 0.25) is 0 Å². The first-order valence-corrected chi connectivity index (χ1v) is 3.78. The smallest absolute Gasteiger partial charge is 0.747 e. The zero-order chi connectivity index (χ0) is 7.65. The SMILES string of the molecule is CC(=O)C(C)S(=O)(=O)[O-].[Na+]. The summed E-state index contributed by atoms with van der Waals surface area (Å²) in [5, 5.41) is -1.41. The Morgan fingerprint density at radius 2 is 1.80 bits per heavy atom. The molecule has 0 radical (unpaired) electrons. The Morgan fingerprint density at radius 1 is 1.50 bits per heavy atom. The summed E-state index contributed by atoms with van der Waals surface area (Å²) in [4.78, 5) is 10.2. The average Bonchev–Trinajstić information content (AvgIpc) is 1.62. The Kier molecular flexibility index (Phi) is 5.88. The molecule has 0 saturated carbocycles. The fourth-order valence-electron chi connectivity index (χ4n) is 0.203. The molecule has 0 aliphatic rings. The Morgan fingerprint density at radius 3 is 1.80 bits per heavy atom. The summed E-state index contributed by atoms with van der Waals surface area (Å²) in [5.41, 5.74) is 0. The number of hydrogen-bond acceptors (Lipinski definition) is 4. The Bertz CT molecular complexity index is 207. The normalized spacial score (nSPS) is 13.5. The van der Waals surface area contributed by atoms with Crippen molar-refractivity contribution in [3.05, 3.63) is 0 Å². The van der Waals surface area contributed by atoms with E-state index >= 15 is 0 Å². The van der Waals surface area contributed by atoms with Crippen LogP contribution in [0.5, 0.6) is 0 Å².